The van der Waals surface area contributed by atoms with Gasteiger partial charge in [0.05, 0.1) is 18.4 Å². The van der Waals surface area contributed by atoms with E-state index in [1.54, 1.807) is 24.3 Å². The summed E-state index contributed by atoms with van der Waals surface area (Å²) in [5.74, 6) is -0.727. The maximum Gasteiger partial charge on any atom is 0.416 e. The fourth-order valence-corrected chi connectivity index (χ4v) is 2.48. The molecule has 2 aromatic carbocycles. The number of hydrogen-bond acceptors (Lipinski definition) is 6. The summed E-state index contributed by atoms with van der Waals surface area (Å²) in [5, 5.41) is 12.9. The fraction of sp³-hybridized carbons (Fsp3) is 0.250. The average molecular weight is 408 g/mol. The van der Waals surface area contributed by atoms with Gasteiger partial charge in [0.1, 0.15) is 13.3 Å². The van der Waals surface area contributed by atoms with Gasteiger partial charge in [0.25, 0.3) is 0 Å². The van der Waals surface area contributed by atoms with E-state index in [2.05, 4.69) is 14.9 Å². The van der Waals surface area contributed by atoms with Crippen LogP contribution in [0.15, 0.2) is 58.7 Å². The van der Waals surface area contributed by atoms with E-state index < -0.39 is 24.4 Å². The summed E-state index contributed by atoms with van der Waals surface area (Å²) in [5.41, 5.74) is 0.590. The number of carbonyl (C=O) groups excluding carboxylic acids is 1. The molecular formula is C20H19F3N2O4. The summed E-state index contributed by atoms with van der Waals surface area (Å²) < 4.78 is 43.2. The number of rotatable bonds is 7. The van der Waals surface area contributed by atoms with E-state index in [1.807, 2.05) is 0 Å². The van der Waals surface area contributed by atoms with Gasteiger partial charge in [0.15, 0.2) is 5.71 Å². The molecule has 0 atom stereocenters. The van der Waals surface area contributed by atoms with Gasteiger partial charge in [-0.25, -0.2) is 9.79 Å². The third-order valence-corrected chi connectivity index (χ3v) is 3.91. The highest BCUT2D eigenvalue weighted by molar-refractivity contribution is 6.43. The Balaban J connectivity index is 2.21. The van der Waals surface area contributed by atoms with Crippen molar-refractivity contribution in [3.05, 3.63) is 70.8 Å². The van der Waals surface area contributed by atoms with Crippen molar-refractivity contribution >= 4 is 17.4 Å². The van der Waals surface area contributed by atoms with Crippen molar-refractivity contribution in [2.45, 2.75) is 19.7 Å². The van der Waals surface area contributed by atoms with Crippen molar-refractivity contribution < 1.29 is 32.6 Å². The number of carbonyl (C=O) groups is 1. The first-order valence-corrected chi connectivity index (χ1v) is 8.44. The van der Waals surface area contributed by atoms with Crippen molar-refractivity contribution in [3.8, 4) is 0 Å². The second-order valence-corrected chi connectivity index (χ2v) is 5.83. The van der Waals surface area contributed by atoms with E-state index >= 15 is 0 Å². The number of hydrogen-bond donors (Lipinski definition) is 1. The predicted octanol–water partition coefficient (Wildman–Crippen LogP) is 3.56. The van der Waals surface area contributed by atoms with E-state index in [-0.39, 0.29) is 23.6 Å². The third-order valence-electron chi connectivity index (χ3n) is 3.91. The van der Waals surface area contributed by atoms with E-state index in [9.17, 15) is 18.0 Å². The summed E-state index contributed by atoms with van der Waals surface area (Å²) in [6, 6.07) is 11.4. The Kier molecular flexibility index (Phi) is 7.49. The maximum absolute atomic E-state index is 12.8. The van der Waals surface area contributed by atoms with Crippen molar-refractivity contribution in [2.24, 2.45) is 10.1 Å². The molecule has 2 aromatic rings. The number of esters is 1. The molecule has 0 aromatic heterocycles. The zero-order chi connectivity index (χ0) is 21.4. The number of alkyl halides is 3. The molecule has 2 rings (SSSR count). The highest BCUT2D eigenvalue weighted by atomic mass is 19.4. The van der Waals surface area contributed by atoms with Crippen LogP contribution in [0.5, 0.6) is 0 Å². The van der Waals surface area contributed by atoms with Gasteiger partial charge in [-0.2, -0.15) is 13.2 Å². The number of benzene rings is 2. The second-order valence-electron chi connectivity index (χ2n) is 5.83. The number of nitrogens with zero attached hydrogens (tertiary/aromatic N) is 2. The predicted molar refractivity (Wildman–Crippen MR) is 101 cm³/mol. The number of aliphatic imine (C=N–C) groups is 1. The molecule has 154 valence electrons. The van der Waals surface area contributed by atoms with Crippen LogP contribution in [0.3, 0.4) is 0 Å². The smallest absolute Gasteiger partial charge is 0.416 e. The fourth-order valence-electron chi connectivity index (χ4n) is 2.48. The lowest BCUT2D eigenvalue weighted by molar-refractivity contribution is -0.137. The molecule has 0 amide bonds. The molecule has 6 nitrogen and oxygen atoms in total. The average Bonchev–Trinajstić information content (AvgIpc) is 2.71. The highest BCUT2D eigenvalue weighted by Crippen LogP contribution is 2.29. The summed E-state index contributed by atoms with van der Waals surface area (Å²) in [6.45, 7) is 0.842. The zero-order valence-electron chi connectivity index (χ0n) is 15.7. The second kappa shape index (κ2) is 9.83. The number of methoxy groups -OCH3 is 1. The molecule has 0 fully saturated rings. The Morgan fingerprint density at radius 2 is 1.86 bits per heavy atom. The first-order chi connectivity index (χ1) is 13.8. The summed E-state index contributed by atoms with van der Waals surface area (Å²) >= 11 is 0. The molecule has 0 unspecified atom stereocenters. The highest BCUT2D eigenvalue weighted by Gasteiger charge is 2.30. The van der Waals surface area contributed by atoms with Gasteiger partial charge in [0.2, 0.25) is 0 Å². The van der Waals surface area contributed by atoms with Gasteiger partial charge in [-0.3, -0.25) is 0 Å². The van der Waals surface area contributed by atoms with Crippen molar-refractivity contribution in [3.63, 3.8) is 0 Å². The first kappa shape index (κ1) is 22.1. The molecule has 0 saturated carbocycles. The van der Waals surface area contributed by atoms with Gasteiger partial charge >= 0.3 is 12.1 Å². The van der Waals surface area contributed by atoms with E-state index in [4.69, 9.17) is 9.94 Å². The summed E-state index contributed by atoms with van der Waals surface area (Å²) in [7, 11) is 1.19. The van der Waals surface area contributed by atoms with Crippen LogP contribution in [0, 0.1) is 0 Å². The summed E-state index contributed by atoms with van der Waals surface area (Å²) in [6.07, 6.45) is -4.45. The van der Waals surface area contributed by atoms with Crippen LogP contribution in [0.1, 0.15) is 29.2 Å². The Bertz CT molecular complexity index is 924. The van der Waals surface area contributed by atoms with Crippen molar-refractivity contribution in [1.29, 1.82) is 0 Å². The standard InChI is InChI=1S/C20H19F3N2O4/c1-13(14-7-5-8-16(10-14)20(21,22)23)25-29-11-15-6-3-4-9-17(15)18(24-12-26)19(27)28-2/h3-10,26H,11-12H2,1-2H3/b24-18?,25-13-. The van der Waals surface area contributed by atoms with Crippen molar-refractivity contribution in [1.82, 2.24) is 0 Å². The Morgan fingerprint density at radius 1 is 1.14 bits per heavy atom. The third kappa shape index (κ3) is 5.89. The van der Waals surface area contributed by atoms with Crippen LogP contribution in [-0.4, -0.2) is 36.3 Å². The lowest BCUT2D eigenvalue weighted by Gasteiger charge is -2.11. The van der Waals surface area contributed by atoms with Crippen LogP contribution in [-0.2, 0) is 27.2 Å². The van der Waals surface area contributed by atoms with Crippen LogP contribution in [0.25, 0.3) is 0 Å². The zero-order valence-corrected chi connectivity index (χ0v) is 15.7. The number of halogens is 3. The van der Waals surface area contributed by atoms with Crippen LogP contribution >= 0.6 is 0 Å². The van der Waals surface area contributed by atoms with Gasteiger partial charge in [0, 0.05) is 11.1 Å². The Hall–Kier alpha value is -3.20. The van der Waals surface area contributed by atoms with Gasteiger partial charge < -0.3 is 14.7 Å². The molecule has 0 spiro atoms. The van der Waals surface area contributed by atoms with E-state index in [0.717, 1.165) is 12.1 Å². The van der Waals surface area contributed by atoms with E-state index in [0.29, 0.717) is 11.1 Å². The molecule has 0 saturated heterocycles. The van der Waals surface area contributed by atoms with Crippen LogP contribution in [0.4, 0.5) is 13.2 Å². The Morgan fingerprint density at radius 3 is 2.52 bits per heavy atom. The minimum atomic E-state index is -4.45. The topological polar surface area (TPSA) is 80.5 Å². The molecular weight excluding hydrogens is 389 g/mol. The normalized spacial score (nSPS) is 12.6. The number of ether oxygens (including phenoxy) is 1. The molecule has 29 heavy (non-hydrogen) atoms. The van der Waals surface area contributed by atoms with Crippen LogP contribution in [0.2, 0.25) is 0 Å². The summed E-state index contributed by atoms with van der Waals surface area (Å²) in [4.78, 5) is 20.9. The quantitative estimate of drug-likeness (QED) is 0.432. The maximum atomic E-state index is 12.8. The molecule has 0 heterocycles. The number of aliphatic hydroxyl groups is 1. The van der Waals surface area contributed by atoms with Crippen molar-refractivity contribution in [2.75, 3.05) is 13.8 Å². The first-order valence-electron chi connectivity index (χ1n) is 8.44. The lowest BCUT2D eigenvalue weighted by atomic mass is 10.0. The minimum Gasteiger partial charge on any atom is -0.464 e. The number of oxime groups is 1. The Labute approximate surface area is 165 Å². The van der Waals surface area contributed by atoms with Crippen LogP contribution < -0.4 is 0 Å². The molecule has 9 heteroatoms. The molecule has 1 N–H and O–H groups in total. The minimum absolute atomic E-state index is 0.0755. The van der Waals surface area contributed by atoms with E-state index in [1.165, 1.54) is 26.2 Å². The monoisotopic (exact) mass is 408 g/mol. The largest absolute Gasteiger partial charge is 0.464 e. The number of aliphatic hydroxyl groups excluding tert-OH is 1. The molecule has 0 aliphatic rings. The molecule has 0 aliphatic heterocycles. The van der Waals surface area contributed by atoms with Gasteiger partial charge in [-0.1, -0.05) is 41.6 Å². The van der Waals surface area contributed by atoms with Gasteiger partial charge in [-0.15, -0.1) is 0 Å². The lowest BCUT2D eigenvalue weighted by Crippen LogP contribution is -2.19. The molecule has 0 aliphatic carbocycles. The van der Waals surface area contributed by atoms with Gasteiger partial charge in [-0.05, 0) is 24.6 Å². The SMILES string of the molecule is COC(=O)C(=NCO)c1ccccc1CO/N=C(/C)c1cccc(C(F)(F)F)c1. The molecule has 0 bridgehead atoms. The molecule has 0 radical (unpaired) electrons.